The lowest BCUT2D eigenvalue weighted by molar-refractivity contribution is -0.169. The van der Waals surface area contributed by atoms with E-state index < -0.39 is 5.41 Å². The number of ether oxygens (including phenoxy) is 2. The topological polar surface area (TPSA) is 59.0 Å². The predicted molar refractivity (Wildman–Crippen MR) is 104 cm³/mol. The highest BCUT2D eigenvalue weighted by Gasteiger charge is 2.48. The van der Waals surface area contributed by atoms with Crippen LogP contribution in [0.2, 0.25) is 0 Å². The van der Waals surface area contributed by atoms with Crippen molar-refractivity contribution in [2.75, 3.05) is 13.7 Å². The summed E-state index contributed by atoms with van der Waals surface area (Å²) < 4.78 is 12.4. The second-order valence-corrected chi connectivity index (χ2v) is 9.32. The van der Waals surface area contributed by atoms with Crippen molar-refractivity contribution in [3.8, 4) is 0 Å². The molecule has 2 bridgehead atoms. The number of allylic oxidation sites excluding steroid dienone is 2. The molecule has 2 heterocycles. The molecule has 4 atom stereocenters. The van der Waals surface area contributed by atoms with Crippen molar-refractivity contribution < 1.29 is 19.5 Å². The van der Waals surface area contributed by atoms with Crippen LogP contribution in [0.1, 0.15) is 71.6 Å². The van der Waals surface area contributed by atoms with E-state index >= 15 is 0 Å². The molecule has 0 radical (unpaired) electrons. The summed E-state index contributed by atoms with van der Waals surface area (Å²) >= 11 is 0. The van der Waals surface area contributed by atoms with Crippen LogP contribution in [0.25, 0.3) is 0 Å². The van der Waals surface area contributed by atoms with Crippen molar-refractivity contribution in [3.05, 3.63) is 12.2 Å². The van der Waals surface area contributed by atoms with Crippen LogP contribution in [0.4, 0.5) is 0 Å². The molecule has 1 saturated carbocycles. The third-order valence-corrected chi connectivity index (χ3v) is 6.80. The fourth-order valence-corrected chi connectivity index (χ4v) is 5.09. The number of hydroxylamine groups is 2. The summed E-state index contributed by atoms with van der Waals surface area (Å²) in [5.74, 6) is 0.871. The summed E-state index contributed by atoms with van der Waals surface area (Å²) in [6, 6.07) is 0. The summed E-state index contributed by atoms with van der Waals surface area (Å²) in [4.78, 5) is 12.0. The maximum atomic E-state index is 12.0. The molecule has 27 heavy (non-hydrogen) atoms. The van der Waals surface area contributed by atoms with E-state index in [4.69, 9.17) is 9.47 Å². The molecule has 5 nitrogen and oxygen atoms in total. The van der Waals surface area contributed by atoms with Gasteiger partial charge in [0, 0.05) is 18.4 Å². The van der Waals surface area contributed by atoms with Crippen molar-refractivity contribution >= 4 is 5.91 Å². The number of carbonyl (C=O) groups excluding carboxylic acids is 1. The zero-order valence-electron chi connectivity index (χ0n) is 17.2. The predicted octanol–water partition coefficient (Wildman–Crippen LogP) is 4.34. The first-order valence-corrected chi connectivity index (χ1v) is 10.8. The zero-order chi connectivity index (χ0) is 19.4. The molecule has 0 spiro atoms. The Morgan fingerprint density at radius 3 is 2.48 bits per heavy atom. The minimum absolute atomic E-state index is 0.235. The van der Waals surface area contributed by atoms with Crippen molar-refractivity contribution in [1.82, 2.24) is 5.06 Å². The lowest BCUT2D eigenvalue weighted by atomic mass is 9.77. The molecule has 2 saturated heterocycles. The smallest absolute Gasteiger partial charge is 0.251 e. The number of fused-ring (bicyclic) bond motifs is 2. The molecule has 3 fully saturated rings. The van der Waals surface area contributed by atoms with E-state index in [0.29, 0.717) is 35.2 Å². The molecule has 0 unspecified atom stereocenters. The van der Waals surface area contributed by atoms with Crippen LogP contribution in [0.5, 0.6) is 0 Å². The Hall–Kier alpha value is -0.910. The highest BCUT2D eigenvalue weighted by molar-refractivity contribution is 5.80. The second-order valence-electron chi connectivity index (χ2n) is 9.32. The number of hydrogen-bond donors (Lipinski definition) is 1. The van der Waals surface area contributed by atoms with E-state index in [1.165, 1.54) is 45.6 Å². The van der Waals surface area contributed by atoms with Crippen molar-refractivity contribution in [2.24, 2.45) is 17.3 Å². The zero-order valence-corrected chi connectivity index (χ0v) is 17.2. The van der Waals surface area contributed by atoms with Gasteiger partial charge < -0.3 is 9.47 Å². The molecule has 5 heteroatoms. The molecular formula is C22H37NO4. The van der Waals surface area contributed by atoms with Crippen LogP contribution < -0.4 is 0 Å². The van der Waals surface area contributed by atoms with Gasteiger partial charge in [-0.2, -0.15) is 0 Å². The molecule has 3 rings (SSSR count). The van der Waals surface area contributed by atoms with E-state index in [-0.39, 0.29) is 5.91 Å². The third kappa shape index (κ3) is 5.12. The molecule has 2 aliphatic heterocycles. The van der Waals surface area contributed by atoms with Gasteiger partial charge >= 0.3 is 0 Å². The first kappa shape index (κ1) is 20.8. The van der Waals surface area contributed by atoms with Crippen LogP contribution in [0, 0.1) is 17.3 Å². The highest BCUT2D eigenvalue weighted by Crippen LogP contribution is 2.45. The Balaban J connectivity index is 1.44. The normalized spacial score (nSPS) is 31.3. The summed E-state index contributed by atoms with van der Waals surface area (Å²) in [5.41, 5.74) is -0.541. The van der Waals surface area contributed by atoms with Crippen LogP contribution in [-0.2, 0) is 14.3 Å². The summed E-state index contributed by atoms with van der Waals surface area (Å²) in [7, 11) is 1.39. The van der Waals surface area contributed by atoms with Gasteiger partial charge in [-0.05, 0) is 50.9 Å². The molecule has 154 valence electrons. The van der Waals surface area contributed by atoms with E-state index in [2.05, 4.69) is 12.2 Å². The van der Waals surface area contributed by atoms with Crippen molar-refractivity contribution in [2.45, 2.75) is 89.9 Å². The molecule has 1 aliphatic carbocycles. The van der Waals surface area contributed by atoms with Crippen molar-refractivity contribution in [3.63, 3.8) is 0 Å². The Kier molecular flexibility index (Phi) is 6.98. The van der Waals surface area contributed by atoms with E-state index in [9.17, 15) is 10.0 Å². The Labute approximate surface area is 164 Å². The summed E-state index contributed by atoms with van der Waals surface area (Å²) in [5, 5.41) is 10.1. The average molecular weight is 380 g/mol. The Morgan fingerprint density at radius 1 is 1.15 bits per heavy atom. The minimum atomic E-state index is -0.541. The molecule has 1 N–H and O–H groups in total. The molecule has 1 amide bonds. The third-order valence-electron chi connectivity index (χ3n) is 6.80. The van der Waals surface area contributed by atoms with Crippen molar-refractivity contribution in [1.29, 1.82) is 0 Å². The highest BCUT2D eigenvalue weighted by atomic mass is 16.5. The number of amides is 1. The molecule has 0 aromatic heterocycles. The quantitative estimate of drug-likeness (QED) is 0.368. The van der Waals surface area contributed by atoms with Crippen LogP contribution in [0.15, 0.2) is 12.2 Å². The monoisotopic (exact) mass is 379 g/mol. The fraction of sp³-hybridized carbons (Fsp3) is 0.864. The first-order chi connectivity index (χ1) is 12.9. The van der Waals surface area contributed by atoms with Gasteiger partial charge in [-0.25, -0.2) is 5.06 Å². The molecule has 0 aromatic rings. The van der Waals surface area contributed by atoms with Gasteiger partial charge in [-0.15, -0.1) is 0 Å². The van der Waals surface area contributed by atoms with Gasteiger partial charge in [-0.3, -0.25) is 10.0 Å². The van der Waals surface area contributed by atoms with E-state index in [1.54, 1.807) is 0 Å². The van der Waals surface area contributed by atoms with Crippen LogP contribution >= 0.6 is 0 Å². The molecular weight excluding hydrogens is 342 g/mol. The van der Waals surface area contributed by atoms with Gasteiger partial charge in [0.1, 0.15) is 0 Å². The average Bonchev–Trinajstić information content (AvgIpc) is 3.36. The number of carbonyl (C=O) groups is 1. The van der Waals surface area contributed by atoms with Gasteiger partial charge in [0.15, 0.2) is 0 Å². The van der Waals surface area contributed by atoms with Crippen LogP contribution in [-0.4, -0.2) is 48.1 Å². The van der Waals surface area contributed by atoms with Gasteiger partial charge in [0.2, 0.25) is 0 Å². The second kappa shape index (κ2) is 9.06. The van der Waals surface area contributed by atoms with Gasteiger partial charge in [-0.1, -0.05) is 38.8 Å². The Morgan fingerprint density at radius 2 is 1.81 bits per heavy atom. The SMILES string of the molecule is CN(O)C(=O)C(C)(C)CC/C=C\C[C@H]1[C@@H](COC2CCCC2)[C@H]2CC[C@@H]1O2. The van der Waals surface area contributed by atoms with E-state index in [1.807, 2.05) is 13.8 Å². The largest absolute Gasteiger partial charge is 0.378 e. The number of rotatable bonds is 9. The first-order valence-electron chi connectivity index (χ1n) is 10.8. The molecule has 3 aliphatic rings. The minimum Gasteiger partial charge on any atom is -0.378 e. The summed E-state index contributed by atoms with van der Waals surface area (Å²) in [6.07, 6.45) is 15.8. The van der Waals surface area contributed by atoms with E-state index in [0.717, 1.165) is 25.9 Å². The Bertz CT molecular complexity index is 524. The summed E-state index contributed by atoms with van der Waals surface area (Å²) in [6.45, 7) is 4.63. The lowest BCUT2D eigenvalue weighted by Gasteiger charge is -2.28. The molecule has 0 aromatic carbocycles. The number of nitrogens with zero attached hydrogens (tertiary/aromatic N) is 1. The fourth-order valence-electron chi connectivity index (χ4n) is 5.09. The van der Waals surface area contributed by atoms with Gasteiger partial charge in [0.25, 0.3) is 5.91 Å². The maximum absolute atomic E-state index is 12.0. The maximum Gasteiger partial charge on any atom is 0.251 e. The van der Waals surface area contributed by atoms with Gasteiger partial charge in [0.05, 0.1) is 24.9 Å². The number of hydrogen-bond acceptors (Lipinski definition) is 4. The lowest BCUT2D eigenvalue weighted by Crippen LogP contribution is -2.36. The van der Waals surface area contributed by atoms with Crippen LogP contribution in [0.3, 0.4) is 0 Å². The standard InChI is InChI=1S/C22H37NO4/c1-22(2,21(24)23(3)25)14-8-4-5-11-17-18(20-13-12-19(17)27-20)15-26-16-9-6-7-10-16/h4-5,16-20,25H,6-15H2,1-3H3/b5-4-/t17-,18+,19-,20+/m0/s1.